The van der Waals surface area contributed by atoms with Crippen LogP contribution in [0.15, 0.2) is 0 Å². The van der Waals surface area contributed by atoms with Gasteiger partial charge in [-0.05, 0) is 6.92 Å². The Balaban J connectivity index is 4.04. The molecule has 0 saturated heterocycles. The molecule has 1 radical (unpaired) electrons. The second-order valence-corrected chi connectivity index (χ2v) is 3.08. The minimum atomic E-state index is -3.92. The third kappa shape index (κ3) is 2.25. The Kier molecular flexibility index (Phi) is 2.39. The summed E-state index contributed by atoms with van der Waals surface area (Å²) in [4.78, 5) is 0. The van der Waals surface area contributed by atoms with Crippen molar-refractivity contribution in [3.8, 4) is 0 Å². The molecule has 0 aromatic heterocycles. The first-order valence-corrected chi connectivity index (χ1v) is 3.54. The Morgan fingerprint density at radius 3 is 2.00 bits per heavy atom. The summed E-state index contributed by atoms with van der Waals surface area (Å²) in [7, 11) is -2.59. The molecule has 0 aliphatic heterocycles. The molecule has 5 heteroatoms. The molecule has 0 fully saturated rings. The maximum absolute atomic E-state index is 10.0. The van der Waals surface area contributed by atoms with Gasteiger partial charge in [-0.25, -0.2) is 5.32 Å². The second kappa shape index (κ2) is 2.43. The Hall–Kier alpha value is -0.130. The van der Waals surface area contributed by atoms with E-state index >= 15 is 0 Å². The predicted octanol–water partition coefficient (Wildman–Crippen LogP) is -0.546. The molecular formula is C3H8NO3S. The molecule has 1 unspecified atom stereocenters. The molecule has 0 aromatic rings. The van der Waals surface area contributed by atoms with Gasteiger partial charge in [-0.2, -0.15) is 8.42 Å². The van der Waals surface area contributed by atoms with Gasteiger partial charge in [0.05, 0.1) is 0 Å². The van der Waals surface area contributed by atoms with Gasteiger partial charge in [0.25, 0.3) is 10.1 Å². The molecule has 4 nitrogen and oxygen atoms in total. The highest BCUT2D eigenvalue weighted by Crippen LogP contribution is 1.90. The smallest absolute Gasteiger partial charge is 0.282 e. The van der Waals surface area contributed by atoms with Gasteiger partial charge < -0.3 is 0 Å². The van der Waals surface area contributed by atoms with E-state index in [0.29, 0.717) is 0 Å². The molecular weight excluding hydrogens is 130 g/mol. The normalized spacial score (nSPS) is 15.9. The van der Waals surface area contributed by atoms with Crippen molar-refractivity contribution in [1.29, 1.82) is 0 Å². The van der Waals surface area contributed by atoms with Crippen LogP contribution in [0.5, 0.6) is 0 Å². The first-order chi connectivity index (χ1) is 3.48. The van der Waals surface area contributed by atoms with Crippen LogP contribution in [-0.4, -0.2) is 25.4 Å². The van der Waals surface area contributed by atoms with E-state index in [2.05, 4.69) is 5.32 Å². The van der Waals surface area contributed by atoms with Crippen LogP contribution in [0.4, 0.5) is 0 Å². The average molecular weight is 138 g/mol. The summed E-state index contributed by atoms with van der Waals surface area (Å²) in [5, 5.41) is 2.32. The standard InChI is InChI=1S/C3H8NO3S/c1-3(4-2)8(5,6)7/h3H,1-2H3,(H,5,6,7). The SMILES string of the molecule is C[N]C(C)S(=O)(=O)O. The monoisotopic (exact) mass is 138 g/mol. The molecule has 0 saturated carbocycles. The number of rotatable bonds is 2. The summed E-state index contributed by atoms with van der Waals surface area (Å²) in [5.41, 5.74) is 0. The molecule has 0 heterocycles. The van der Waals surface area contributed by atoms with E-state index in [9.17, 15) is 8.42 Å². The zero-order valence-electron chi connectivity index (χ0n) is 4.70. The van der Waals surface area contributed by atoms with E-state index in [1.54, 1.807) is 0 Å². The lowest BCUT2D eigenvalue weighted by Gasteiger charge is -2.00. The second-order valence-electron chi connectivity index (χ2n) is 1.37. The molecule has 0 bridgehead atoms. The molecule has 0 spiro atoms. The molecule has 0 amide bonds. The quantitative estimate of drug-likeness (QED) is 0.521. The van der Waals surface area contributed by atoms with E-state index < -0.39 is 15.5 Å². The zero-order chi connectivity index (χ0) is 6.78. The van der Waals surface area contributed by atoms with Crippen LogP contribution in [0.1, 0.15) is 6.92 Å². The number of hydrogen-bond acceptors (Lipinski definition) is 2. The maximum atomic E-state index is 10.0. The first-order valence-electron chi connectivity index (χ1n) is 2.03. The van der Waals surface area contributed by atoms with Gasteiger partial charge in [-0.1, -0.05) is 0 Å². The van der Waals surface area contributed by atoms with Crippen molar-refractivity contribution in [2.24, 2.45) is 0 Å². The number of hydrogen-bond donors (Lipinski definition) is 1. The molecule has 0 aromatic carbocycles. The van der Waals surface area contributed by atoms with E-state index in [-0.39, 0.29) is 0 Å². The van der Waals surface area contributed by atoms with Gasteiger partial charge in [0.15, 0.2) is 0 Å². The summed E-state index contributed by atoms with van der Waals surface area (Å²) in [6.07, 6.45) is 0. The van der Waals surface area contributed by atoms with Crippen molar-refractivity contribution >= 4 is 10.1 Å². The van der Waals surface area contributed by atoms with Crippen LogP contribution in [-0.2, 0) is 10.1 Å². The van der Waals surface area contributed by atoms with Crippen molar-refractivity contribution < 1.29 is 13.0 Å². The topological polar surface area (TPSA) is 68.5 Å². The van der Waals surface area contributed by atoms with Crippen LogP contribution >= 0.6 is 0 Å². The zero-order valence-corrected chi connectivity index (χ0v) is 5.51. The average Bonchev–Trinajstić information content (AvgIpc) is 1.62. The Bertz CT molecular complexity index is 150. The fourth-order valence-corrected chi connectivity index (χ4v) is 0.400. The molecule has 0 rings (SSSR count). The molecule has 0 aliphatic rings. The highest BCUT2D eigenvalue weighted by atomic mass is 32.2. The summed E-state index contributed by atoms with van der Waals surface area (Å²) in [5.74, 6) is 0. The Morgan fingerprint density at radius 1 is 1.62 bits per heavy atom. The van der Waals surface area contributed by atoms with E-state index in [1.165, 1.54) is 14.0 Å². The molecule has 49 valence electrons. The number of nitrogens with zero attached hydrogens (tertiary/aromatic N) is 1. The van der Waals surface area contributed by atoms with Gasteiger partial charge in [0, 0.05) is 7.05 Å². The van der Waals surface area contributed by atoms with Crippen LogP contribution in [0.25, 0.3) is 0 Å². The van der Waals surface area contributed by atoms with E-state index in [1.807, 2.05) is 0 Å². The molecule has 0 aliphatic carbocycles. The van der Waals surface area contributed by atoms with Crippen molar-refractivity contribution in [1.82, 2.24) is 5.32 Å². The summed E-state index contributed by atoms with van der Waals surface area (Å²) < 4.78 is 28.2. The largest absolute Gasteiger partial charge is 0.284 e. The van der Waals surface area contributed by atoms with Crippen LogP contribution < -0.4 is 5.32 Å². The maximum Gasteiger partial charge on any atom is 0.282 e. The molecule has 8 heavy (non-hydrogen) atoms. The minimum absolute atomic E-state index is 0.998. The van der Waals surface area contributed by atoms with Crippen molar-refractivity contribution in [2.45, 2.75) is 12.3 Å². The van der Waals surface area contributed by atoms with Crippen molar-refractivity contribution in [3.63, 3.8) is 0 Å². The lowest BCUT2D eigenvalue weighted by Crippen LogP contribution is -2.24. The molecule has 1 atom stereocenters. The highest BCUT2D eigenvalue weighted by Gasteiger charge is 2.14. The van der Waals surface area contributed by atoms with Crippen LogP contribution in [0, 0.1) is 0 Å². The van der Waals surface area contributed by atoms with Gasteiger partial charge in [-0.3, -0.25) is 4.55 Å². The lowest BCUT2D eigenvalue weighted by molar-refractivity contribution is 0.461. The highest BCUT2D eigenvalue weighted by molar-refractivity contribution is 7.86. The Labute approximate surface area is 48.6 Å². The lowest BCUT2D eigenvalue weighted by atomic mass is 10.8. The Morgan fingerprint density at radius 2 is 2.00 bits per heavy atom. The third-order valence-electron chi connectivity index (χ3n) is 0.795. The fraction of sp³-hybridized carbons (Fsp3) is 1.00. The van der Waals surface area contributed by atoms with Crippen LogP contribution in [0.2, 0.25) is 0 Å². The molecule has 1 N–H and O–H groups in total. The summed E-state index contributed by atoms with van der Waals surface area (Å²) >= 11 is 0. The first kappa shape index (κ1) is 7.87. The van der Waals surface area contributed by atoms with Gasteiger partial charge in [0.2, 0.25) is 0 Å². The summed E-state index contributed by atoms with van der Waals surface area (Å²) in [6.45, 7) is 1.30. The van der Waals surface area contributed by atoms with Gasteiger partial charge >= 0.3 is 0 Å². The fourth-order valence-electron chi connectivity index (χ4n) is 0.133. The van der Waals surface area contributed by atoms with E-state index in [0.717, 1.165) is 0 Å². The van der Waals surface area contributed by atoms with Crippen molar-refractivity contribution in [3.05, 3.63) is 0 Å². The van der Waals surface area contributed by atoms with Crippen molar-refractivity contribution in [2.75, 3.05) is 7.05 Å². The summed E-state index contributed by atoms with van der Waals surface area (Å²) in [6, 6.07) is 0. The minimum Gasteiger partial charge on any atom is -0.284 e. The predicted molar refractivity (Wildman–Crippen MR) is 29.1 cm³/mol. The van der Waals surface area contributed by atoms with Crippen LogP contribution in [0.3, 0.4) is 0 Å². The van der Waals surface area contributed by atoms with E-state index in [4.69, 9.17) is 4.55 Å². The van der Waals surface area contributed by atoms with Gasteiger partial charge in [-0.15, -0.1) is 0 Å². The third-order valence-corrected chi connectivity index (χ3v) is 1.87. The van der Waals surface area contributed by atoms with Gasteiger partial charge in [0.1, 0.15) is 5.37 Å².